The Morgan fingerprint density at radius 3 is 2.32 bits per heavy atom. The van der Waals surface area contributed by atoms with Crippen LogP contribution in [0.2, 0.25) is 0 Å². The molecule has 2 aliphatic rings. The van der Waals surface area contributed by atoms with Crippen LogP contribution in [-0.4, -0.2) is 85.7 Å². The van der Waals surface area contributed by atoms with Crippen molar-refractivity contribution >= 4 is 0 Å². The Balaban J connectivity index is 1.76. The zero-order chi connectivity index (χ0) is 13.8. The van der Waals surface area contributed by atoms with Gasteiger partial charge >= 0.3 is 0 Å². The second-order valence-corrected chi connectivity index (χ2v) is 6.66. The number of piperazine rings is 2. The van der Waals surface area contributed by atoms with Gasteiger partial charge in [0.05, 0.1) is 0 Å². The van der Waals surface area contributed by atoms with Gasteiger partial charge in [0.25, 0.3) is 0 Å². The lowest BCUT2D eigenvalue weighted by Gasteiger charge is -2.41. The summed E-state index contributed by atoms with van der Waals surface area (Å²) in [6.07, 6.45) is 1.28. The van der Waals surface area contributed by atoms with Gasteiger partial charge in [-0.3, -0.25) is 9.80 Å². The number of rotatable bonds is 4. The molecule has 2 atom stereocenters. The van der Waals surface area contributed by atoms with E-state index in [4.69, 9.17) is 0 Å². The van der Waals surface area contributed by atoms with E-state index in [2.05, 4.69) is 47.8 Å². The maximum absolute atomic E-state index is 3.70. The van der Waals surface area contributed by atoms with Crippen LogP contribution in [0.3, 0.4) is 0 Å². The van der Waals surface area contributed by atoms with Crippen LogP contribution in [0.4, 0.5) is 0 Å². The topological polar surface area (TPSA) is 21.8 Å². The molecule has 0 aromatic rings. The highest BCUT2D eigenvalue weighted by Crippen LogP contribution is 2.13. The molecule has 0 aromatic heterocycles. The van der Waals surface area contributed by atoms with Crippen molar-refractivity contribution in [1.82, 2.24) is 20.0 Å². The van der Waals surface area contributed by atoms with Gasteiger partial charge in [-0.05, 0) is 34.2 Å². The molecule has 4 nitrogen and oxygen atoms in total. The summed E-state index contributed by atoms with van der Waals surface area (Å²) in [6, 6.07) is 2.06. The van der Waals surface area contributed by atoms with Gasteiger partial charge in [-0.25, -0.2) is 0 Å². The molecule has 112 valence electrons. The third-order valence-electron chi connectivity index (χ3n) is 4.80. The normalized spacial score (nSPS) is 29.8. The third-order valence-corrected chi connectivity index (χ3v) is 4.80. The van der Waals surface area contributed by atoms with E-state index in [0.717, 1.165) is 6.54 Å². The summed E-state index contributed by atoms with van der Waals surface area (Å²) in [5.41, 5.74) is 0. The minimum absolute atomic E-state index is 0.672. The van der Waals surface area contributed by atoms with E-state index in [0.29, 0.717) is 18.1 Å². The van der Waals surface area contributed by atoms with Crippen LogP contribution in [0, 0.1) is 0 Å². The van der Waals surface area contributed by atoms with Crippen molar-refractivity contribution in [2.24, 2.45) is 0 Å². The lowest BCUT2D eigenvalue weighted by Crippen LogP contribution is -2.55. The standard InChI is InChI=1S/C15H32N4/c1-13(2)19-6-5-16-15(12-19)11-14(3)18-9-7-17(4)8-10-18/h13-16H,5-12H2,1-4H3/t14-,15?/m0/s1. The second kappa shape index (κ2) is 7.02. The zero-order valence-electron chi connectivity index (χ0n) is 13.2. The van der Waals surface area contributed by atoms with E-state index in [9.17, 15) is 0 Å². The SMILES string of the molecule is CC(C)N1CCNC(C[C@H](C)N2CCN(C)CC2)C1. The van der Waals surface area contributed by atoms with Gasteiger partial charge in [0.2, 0.25) is 0 Å². The molecule has 4 heteroatoms. The molecule has 2 heterocycles. The predicted octanol–water partition coefficient (Wildman–Crippen LogP) is 0.695. The first-order valence-electron chi connectivity index (χ1n) is 7.96. The van der Waals surface area contributed by atoms with Crippen molar-refractivity contribution < 1.29 is 0 Å². The predicted molar refractivity (Wildman–Crippen MR) is 81.6 cm³/mol. The average Bonchev–Trinajstić information content (AvgIpc) is 2.39. The minimum Gasteiger partial charge on any atom is -0.311 e. The van der Waals surface area contributed by atoms with Crippen LogP contribution in [-0.2, 0) is 0 Å². The van der Waals surface area contributed by atoms with Crippen molar-refractivity contribution in [2.45, 2.75) is 45.3 Å². The van der Waals surface area contributed by atoms with E-state index in [-0.39, 0.29) is 0 Å². The van der Waals surface area contributed by atoms with Crippen molar-refractivity contribution in [2.75, 3.05) is 52.9 Å². The number of likely N-dealkylation sites (N-methyl/N-ethyl adjacent to an activating group) is 1. The second-order valence-electron chi connectivity index (χ2n) is 6.66. The maximum Gasteiger partial charge on any atom is 0.0210 e. The Bertz CT molecular complexity index is 261. The number of hydrogen-bond donors (Lipinski definition) is 1. The Morgan fingerprint density at radius 1 is 1.00 bits per heavy atom. The Hall–Kier alpha value is -0.160. The van der Waals surface area contributed by atoms with Crippen molar-refractivity contribution in [3.8, 4) is 0 Å². The summed E-state index contributed by atoms with van der Waals surface area (Å²) in [5, 5.41) is 3.70. The van der Waals surface area contributed by atoms with Crippen LogP contribution < -0.4 is 5.32 Å². The highest BCUT2D eigenvalue weighted by Gasteiger charge is 2.25. The van der Waals surface area contributed by atoms with Gasteiger partial charge in [0.15, 0.2) is 0 Å². The molecule has 0 amide bonds. The fourth-order valence-corrected chi connectivity index (χ4v) is 3.30. The molecular formula is C15H32N4. The summed E-state index contributed by atoms with van der Waals surface area (Å²) in [4.78, 5) is 7.70. The van der Waals surface area contributed by atoms with Crippen LogP contribution in [0.15, 0.2) is 0 Å². The monoisotopic (exact) mass is 268 g/mol. The van der Waals surface area contributed by atoms with Crippen molar-refractivity contribution in [1.29, 1.82) is 0 Å². The van der Waals surface area contributed by atoms with Crippen LogP contribution in [0.25, 0.3) is 0 Å². The van der Waals surface area contributed by atoms with Crippen LogP contribution in [0.5, 0.6) is 0 Å². The molecule has 0 aliphatic carbocycles. The molecule has 1 unspecified atom stereocenters. The summed E-state index contributed by atoms with van der Waals surface area (Å²) in [7, 11) is 2.23. The average molecular weight is 268 g/mol. The first-order chi connectivity index (χ1) is 9.06. The molecule has 2 fully saturated rings. The molecule has 0 spiro atoms. The molecule has 1 N–H and O–H groups in total. The van der Waals surface area contributed by atoms with Gasteiger partial charge in [0.1, 0.15) is 0 Å². The lowest BCUT2D eigenvalue weighted by atomic mass is 10.0. The Morgan fingerprint density at radius 2 is 1.68 bits per heavy atom. The summed E-state index contributed by atoms with van der Waals surface area (Å²) in [5.74, 6) is 0. The fourth-order valence-electron chi connectivity index (χ4n) is 3.30. The summed E-state index contributed by atoms with van der Waals surface area (Å²) >= 11 is 0. The number of hydrogen-bond acceptors (Lipinski definition) is 4. The third kappa shape index (κ3) is 4.42. The van der Waals surface area contributed by atoms with Crippen molar-refractivity contribution in [3.63, 3.8) is 0 Å². The molecule has 0 saturated carbocycles. The van der Waals surface area contributed by atoms with Gasteiger partial charge in [0, 0.05) is 63.9 Å². The summed E-state index contributed by atoms with van der Waals surface area (Å²) in [6.45, 7) is 15.5. The molecule has 2 aliphatic heterocycles. The molecule has 2 rings (SSSR count). The largest absolute Gasteiger partial charge is 0.311 e. The first kappa shape index (κ1) is 15.2. The Kier molecular flexibility index (Phi) is 5.63. The van der Waals surface area contributed by atoms with Gasteiger partial charge in [-0.15, -0.1) is 0 Å². The van der Waals surface area contributed by atoms with Crippen LogP contribution >= 0.6 is 0 Å². The molecule has 0 aromatic carbocycles. The van der Waals surface area contributed by atoms with E-state index in [1.54, 1.807) is 0 Å². The molecular weight excluding hydrogens is 236 g/mol. The number of nitrogens with zero attached hydrogens (tertiary/aromatic N) is 3. The smallest absolute Gasteiger partial charge is 0.0210 e. The highest BCUT2D eigenvalue weighted by atomic mass is 15.3. The molecule has 0 bridgehead atoms. The summed E-state index contributed by atoms with van der Waals surface area (Å²) < 4.78 is 0. The maximum atomic E-state index is 3.70. The van der Waals surface area contributed by atoms with E-state index < -0.39 is 0 Å². The van der Waals surface area contributed by atoms with E-state index in [1.807, 2.05) is 0 Å². The molecule has 2 saturated heterocycles. The number of nitrogens with one attached hydrogen (secondary N) is 1. The highest BCUT2D eigenvalue weighted by molar-refractivity contribution is 4.85. The molecule has 19 heavy (non-hydrogen) atoms. The van der Waals surface area contributed by atoms with E-state index in [1.165, 1.54) is 45.7 Å². The van der Waals surface area contributed by atoms with E-state index >= 15 is 0 Å². The lowest BCUT2D eigenvalue weighted by molar-refractivity contribution is 0.0934. The fraction of sp³-hybridized carbons (Fsp3) is 1.00. The van der Waals surface area contributed by atoms with Gasteiger partial charge in [-0.1, -0.05) is 0 Å². The van der Waals surface area contributed by atoms with Crippen LogP contribution in [0.1, 0.15) is 27.2 Å². The van der Waals surface area contributed by atoms with Gasteiger partial charge < -0.3 is 10.2 Å². The molecule has 0 radical (unpaired) electrons. The minimum atomic E-state index is 0.672. The quantitative estimate of drug-likeness (QED) is 0.810. The first-order valence-corrected chi connectivity index (χ1v) is 7.96. The van der Waals surface area contributed by atoms with Crippen molar-refractivity contribution in [3.05, 3.63) is 0 Å². The van der Waals surface area contributed by atoms with Gasteiger partial charge in [-0.2, -0.15) is 0 Å². The Labute approximate surface area is 119 Å². The zero-order valence-corrected chi connectivity index (χ0v) is 13.2.